The SMILES string of the molecule is CC1C(=O)CC(C(C)(C)Cl)C1C(=O)O. The molecule has 0 aromatic heterocycles. The fourth-order valence-electron chi connectivity index (χ4n) is 2.13. The van der Waals surface area contributed by atoms with Crippen LogP contribution in [0.4, 0.5) is 0 Å². The molecule has 1 saturated carbocycles. The number of rotatable bonds is 2. The summed E-state index contributed by atoms with van der Waals surface area (Å²) in [5, 5.41) is 9.02. The van der Waals surface area contributed by atoms with Crippen molar-refractivity contribution in [1.29, 1.82) is 0 Å². The van der Waals surface area contributed by atoms with Gasteiger partial charge in [-0.3, -0.25) is 9.59 Å². The normalized spacial score (nSPS) is 33.4. The van der Waals surface area contributed by atoms with Gasteiger partial charge in [-0.1, -0.05) is 6.92 Å². The molecule has 3 nitrogen and oxygen atoms in total. The van der Waals surface area contributed by atoms with Crippen LogP contribution in [0.5, 0.6) is 0 Å². The highest BCUT2D eigenvalue weighted by Gasteiger charge is 2.49. The van der Waals surface area contributed by atoms with Gasteiger partial charge in [-0.15, -0.1) is 11.6 Å². The zero-order valence-corrected chi connectivity index (χ0v) is 9.34. The number of carboxylic acid groups (broad SMARTS) is 1. The smallest absolute Gasteiger partial charge is 0.307 e. The third kappa shape index (κ3) is 1.92. The van der Waals surface area contributed by atoms with Crippen LogP contribution >= 0.6 is 11.6 Å². The van der Waals surface area contributed by atoms with Crippen LogP contribution in [0, 0.1) is 17.8 Å². The Morgan fingerprint density at radius 2 is 2.07 bits per heavy atom. The van der Waals surface area contributed by atoms with E-state index >= 15 is 0 Å². The van der Waals surface area contributed by atoms with Crippen molar-refractivity contribution >= 4 is 23.4 Å². The second kappa shape index (κ2) is 3.54. The van der Waals surface area contributed by atoms with E-state index in [-0.39, 0.29) is 18.1 Å². The molecule has 1 rings (SSSR count). The quantitative estimate of drug-likeness (QED) is 0.721. The summed E-state index contributed by atoms with van der Waals surface area (Å²) in [5.74, 6) is -2.20. The van der Waals surface area contributed by atoms with Crippen molar-refractivity contribution in [3.8, 4) is 0 Å². The summed E-state index contributed by atoms with van der Waals surface area (Å²) in [6.07, 6.45) is 0.286. The van der Waals surface area contributed by atoms with Gasteiger partial charge >= 0.3 is 5.97 Å². The first-order chi connectivity index (χ1) is 6.25. The Hall–Kier alpha value is -0.570. The molecule has 1 N–H and O–H groups in total. The number of ketones is 1. The lowest BCUT2D eigenvalue weighted by Gasteiger charge is -2.28. The minimum atomic E-state index is -0.915. The van der Waals surface area contributed by atoms with Gasteiger partial charge in [-0.25, -0.2) is 0 Å². The van der Waals surface area contributed by atoms with E-state index in [9.17, 15) is 9.59 Å². The summed E-state index contributed by atoms with van der Waals surface area (Å²) < 4.78 is 0. The topological polar surface area (TPSA) is 54.4 Å². The Balaban J connectivity index is 2.97. The molecule has 0 spiro atoms. The van der Waals surface area contributed by atoms with E-state index in [0.29, 0.717) is 0 Å². The summed E-state index contributed by atoms with van der Waals surface area (Å²) in [4.78, 5) is 21.8. The van der Waals surface area contributed by atoms with Crippen LogP contribution in [-0.2, 0) is 9.59 Å². The number of carboxylic acids is 1. The molecule has 80 valence electrons. The van der Waals surface area contributed by atoms with Crippen LogP contribution in [0.3, 0.4) is 0 Å². The maximum atomic E-state index is 11.4. The molecule has 3 atom stereocenters. The van der Waals surface area contributed by atoms with Crippen LogP contribution in [-0.4, -0.2) is 21.7 Å². The molecule has 3 unspecified atom stereocenters. The predicted molar refractivity (Wildman–Crippen MR) is 53.3 cm³/mol. The number of hydrogen-bond donors (Lipinski definition) is 1. The first-order valence-corrected chi connectivity index (χ1v) is 5.07. The number of alkyl halides is 1. The summed E-state index contributed by atoms with van der Waals surface area (Å²) in [5.41, 5.74) is 0. The van der Waals surface area contributed by atoms with Gasteiger partial charge in [0.05, 0.1) is 5.92 Å². The molecule has 0 amide bonds. The van der Waals surface area contributed by atoms with Crippen LogP contribution in [0.1, 0.15) is 27.2 Å². The molecule has 0 saturated heterocycles. The van der Waals surface area contributed by atoms with Crippen molar-refractivity contribution in [2.24, 2.45) is 17.8 Å². The minimum absolute atomic E-state index is 0.0103. The average molecular weight is 219 g/mol. The van der Waals surface area contributed by atoms with Crippen LogP contribution in [0.2, 0.25) is 0 Å². The van der Waals surface area contributed by atoms with Gasteiger partial charge in [0.1, 0.15) is 5.78 Å². The highest BCUT2D eigenvalue weighted by atomic mass is 35.5. The largest absolute Gasteiger partial charge is 0.481 e. The minimum Gasteiger partial charge on any atom is -0.481 e. The van der Waals surface area contributed by atoms with E-state index < -0.39 is 22.7 Å². The Morgan fingerprint density at radius 1 is 1.57 bits per heavy atom. The van der Waals surface area contributed by atoms with Gasteiger partial charge in [0, 0.05) is 17.2 Å². The van der Waals surface area contributed by atoms with Crippen molar-refractivity contribution in [2.45, 2.75) is 32.1 Å². The Morgan fingerprint density at radius 3 is 2.36 bits per heavy atom. The molecular formula is C10H15ClO3. The number of Topliss-reactive ketones (excluding diaryl/α,β-unsaturated/α-hetero) is 1. The van der Waals surface area contributed by atoms with E-state index in [1.54, 1.807) is 20.8 Å². The van der Waals surface area contributed by atoms with E-state index in [1.807, 2.05) is 0 Å². The molecule has 0 aliphatic heterocycles. The summed E-state index contributed by atoms with van der Waals surface area (Å²) >= 11 is 6.09. The van der Waals surface area contributed by atoms with Gasteiger partial charge in [-0.2, -0.15) is 0 Å². The van der Waals surface area contributed by atoms with Gasteiger partial charge in [0.2, 0.25) is 0 Å². The van der Waals surface area contributed by atoms with E-state index in [0.717, 1.165) is 0 Å². The van der Waals surface area contributed by atoms with Crippen LogP contribution in [0.15, 0.2) is 0 Å². The molecule has 0 heterocycles. The van der Waals surface area contributed by atoms with Crippen LogP contribution < -0.4 is 0 Å². The van der Waals surface area contributed by atoms with Crippen molar-refractivity contribution in [3.05, 3.63) is 0 Å². The Bertz CT molecular complexity index is 267. The standard InChI is InChI=1S/C10H15ClO3/c1-5-7(12)4-6(10(2,3)11)8(5)9(13)14/h5-6,8H,4H2,1-3H3,(H,13,14). The molecule has 1 aliphatic carbocycles. The fourth-order valence-corrected chi connectivity index (χ4v) is 2.35. The van der Waals surface area contributed by atoms with Crippen LogP contribution in [0.25, 0.3) is 0 Å². The van der Waals surface area contributed by atoms with Crippen molar-refractivity contribution in [1.82, 2.24) is 0 Å². The molecule has 14 heavy (non-hydrogen) atoms. The first-order valence-electron chi connectivity index (χ1n) is 4.69. The molecule has 1 aliphatic rings. The molecular weight excluding hydrogens is 204 g/mol. The number of carbonyl (C=O) groups is 2. The third-order valence-electron chi connectivity index (χ3n) is 3.07. The van der Waals surface area contributed by atoms with Crippen molar-refractivity contribution in [2.75, 3.05) is 0 Å². The summed E-state index contributed by atoms with van der Waals surface area (Å²) in [7, 11) is 0. The average Bonchev–Trinajstić information content (AvgIpc) is 2.27. The lowest BCUT2D eigenvalue weighted by atomic mass is 9.82. The lowest BCUT2D eigenvalue weighted by molar-refractivity contribution is -0.145. The second-order valence-corrected chi connectivity index (χ2v) is 5.47. The zero-order chi connectivity index (χ0) is 11.1. The summed E-state index contributed by atoms with van der Waals surface area (Å²) in [6, 6.07) is 0. The number of carbonyl (C=O) groups excluding carboxylic acids is 1. The molecule has 4 heteroatoms. The zero-order valence-electron chi connectivity index (χ0n) is 8.58. The third-order valence-corrected chi connectivity index (χ3v) is 3.35. The maximum Gasteiger partial charge on any atom is 0.307 e. The number of hydrogen-bond acceptors (Lipinski definition) is 2. The van der Waals surface area contributed by atoms with Gasteiger partial charge in [-0.05, 0) is 19.8 Å². The van der Waals surface area contributed by atoms with Gasteiger partial charge in [0.15, 0.2) is 0 Å². The number of aliphatic carboxylic acids is 1. The molecule has 1 fully saturated rings. The lowest BCUT2D eigenvalue weighted by Crippen LogP contribution is -2.34. The molecule has 0 bridgehead atoms. The molecule has 0 aromatic rings. The van der Waals surface area contributed by atoms with Gasteiger partial charge in [0.25, 0.3) is 0 Å². The highest BCUT2D eigenvalue weighted by Crippen LogP contribution is 2.43. The van der Waals surface area contributed by atoms with E-state index in [2.05, 4.69) is 0 Å². The van der Waals surface area contributed by atoms with Gasteiger partial charge < -0.3 is 5.11 Å². The predicted octanol–water partition coefficient (Wildman–Crippen LogP) is 1.93. The summed E-state index contributed by atoms with van der Waals surface area (Å²) in [6.45, 7) is 5.20. The maximum absolute atomic E-state index is 11.4. The number of halogens is 1. The monoisotopic (exact) mass is 218 g/mol. The first kappa shape index (κ1) is 11.5. The molecule has 0 aromatic carbocycles. The van der Waals surface area contributed by atoms with E-state index in [4.69, 9.17) is 16.7 Å². The molecule has 0 radical (unpaired) electrons. The Kier molecular flexibility index (Phi) is 2.91. The van der Waals surface area contributed by atoms with Crippen molar-refractivity contribution < 1.29 is 14.7 Å². The van der Waals surface area contributed by atoms with E-state index in [1.165, 1.54) is 0 Å². The fraction of sp³-hybridized carbons (Fsp3) is 0.800. The Labute approximate surface area is 88.4 Å². The van der Waals surface area contributed by atoms with Crippen molar-refractivity contribution in [3.63, 3.8) is 0 Å². The highest BCUT2D eigenvalue weighted by molar-refractivity contribution is 6.24. The second-order valence-electron chi connectivity index (χ2n) is 4.49.